The molecule has 0 atom stereocenters. The Morgan fingerprint density at radius 1 is 1.00 bits per heavy atom. The Labute approximate surface area is 143 Å². The van der Waals surface area contributed by atoms with Gasteiger partial charge in [0.2, 0.25) is 0 Å². The smallest absolute Gasteiger partial charge is 0.303 e. The summed E-state index contributed by atoms with van der Waals surface area (Å²) < 4.78 is 1.95. The summed E-state index contributed by atoms with van der Waals surface area (Å²) in [4.78, 5) is 10.4. The topological polar surface area (TPSA) is 68.0 Å². The van der Waals surface area contributed by atoms with Crippen LogP contribution in [0.4, 0.5) is 0 Å². The van der Waals surface area contributed by atoms with Crippen molar-refractivity contribution >= 4 is 5.97 Å². The normalized spacial score (nSPS) is 10.9. The second kappa shape index (κ2) is 9.85. The lowest BCUT2D eigenvalue weighted by Gasteiger charge is -2.07. The van der Waals surface area contributed by atoms with E-state index in [2.05, 4.69) is 22.4 Å². The summed E-state index contributed by atoms with van der Waals surface area (Å²) in [6.07, 6.45) is 8.98. The molecule has 0 spiro atoms. The molecule has 2 aromatic rings. The van der Waals surface area contributed by atoms with E-state index in [1.807, 2.05) is 29.8 Å². The Kier molecular flexibility index (Phi) is 7.46. The van der Waals surface area contributed by atoms with Crippen molar-refractivity contribution in [1.29, 1.82) is 0 Å². The SMILES string of the molecule is Cc1nnn(-c2ccccc2)c1CCCCCCCCCC(=O)O. The van der Waals surface area contributed by atoms with Crippen molar-refractivity contribution in [3.8, 4) is 5.69 Å². The van der Waals surface area contributed by atoms with Crippen LogP contribution < -0.4 is 0 Å². The molecule has 0 aliphatic carbocycles. The minimum absolute atomic E-state index is 0.301. The molecule has 1 N–H and O–H groups in total. The Morgan fingerprint density at radius 2 is 1.62 bits per heavy atom. The molecule has 0 unspecified atom stereocenters. The fourth-order valence-electron chi connectivity index (χ4n) is 2.89. The van der Waals surface area contributed by atoms with E-state index in [9.17, 15) is 4.79 Å². The van der Waals surface area contributed by atoms with Crippen LogP contribution in [0.15, 0.2) is 30.3 Å². The van der Waals surface area contributed by atoms with Crippen LogP contribution in [0.25, 0.3) is 5.69 Å². The number of aromatic nitrogens is 3. The van der Waals surface area contributed by atoms with Gasteiger partial charge in [-0.2, -0.15) is 0 Å². The largest absolute Gasteiger partial charge is 0.481 e. The van der Waals surface area contributed by atoms with Crippen LogP contribution in [-0.4, -0.2) is 26.1 Å². The third-order valence-corrected chi connectivity index (χ3v) is 4.26. The number of hydrogen-bond acceptors (Lipinski definition) is 3. The number of unbranched alkanes of at least 4 members (excludes halogenated alkanes) is 6. The summed E-state index contributed by atoms with van der Waals surface area (Å²) in [5.74, 6) is -0.686. The zero-order valence-corrected chi connectivity index (χ0v) is 14.4. The number of aryl methyl sites for hydroxylation is 1. The van der Waals surface area contributed by atoms with Crippen molar-refractivity contribution in [3.05, 3.63) is 41.7 Å². The molecule has 0 saturated carbocycles. The first kappa shape index (κ1) is 18.2. The van der Waals surface area contributed by atoms with Crippen LogP contribution in [-0.2, 0) is 11.2 Å². The summed E-state index contributed by atoms with van der Waals surface area (Å²) >= 11 is 0. The first-order chi connectivity index (χ1) is 11.7. The van der Waals surface area contributed by atoms with Gasteiger partial charge in [-0.25, -0.2) is 4.68 Å². The third-order valence-electron chi connectivity index (χ3n) is 4.26. The van der Waals surface area contributed by atoms with Crippen LogP contribution in [0, 0.1) is 6.92 Å². The molecule has 1 heterocycles. The highest BCUT2D eigenvalue weighted by atomic mass is 16.4. The fourth-order valence-corrected chi connectivity index (χ4v) is 2.89. The molecular formula is C19H27N3O2. The van der Waals surface area contributed by atoms with Gasteiger partial charge in [-0.15, -0.1) is 5.10 Å². The van der Waals surface area contributed by atoms with Crippen LogP contribution in [0.5, 0.6) is 0 Å². The maximum atomic E-state index is 10.4. The van der Waals surface area contributed by atoms with E-state index in [1.54, 1.807) is 0 Å². The van der Waals surface area contributed by atoms with E-state index in [4.69, 9.17) is 5.11 Å². The highest BCUT2D eigenvalue weighted by Crippen LogP contribution is 2.16. The number of nitrogens with zero attached hydrogens (tertiary/aromatic N) is 3. The minimum atomic E-state index is -0.686. The molecule has 0 fully saturated rings. The summed E-state index contributed by atoms with van der Waals surface area (Å²) in [6, 6.07) is 10.1. The molecule has 0 aliphatic heterocycles. The molecule has 0 saturated heterocycles. The molecule has 0 bridgehead atoms. The summed E-state index contributed by atoms with van der Waals surface area (Å²) in [7, 11) is 0. The highest BCUT2D eigenvalue weighted by molar-refractivity contribution is 5.66. The Bertz CT molecular complexity index is 623. The van der Waals surface area contributed by atoms with Gasteiger partial charge in [-0.1, -0.05) is 55.5 Å². The van der Waals surface area contributed by atoms with Crippen molar-refractivity contribution in [2.75, 3.05) is 0 Å². The number of rotatable bonds is 11. The lowest BCUT2D eigenvalue weighted by molar-refractivity contribution is -0.137. The number of benzene rings is 1. The lowest BCUT2D eigenvalue weighted by Crippen LogP contribution is -2.03. The van der Waals surface area contributed by atoms with Crippen molar-refractivity contribution in [3.63, 3.8) is 0 Å². The van der Waals surface area contributed by atoms with Gasteiger partial charge < -0.3 is 5.11 Å². The summed E-state index contributed by atoms with van der Waals surface area (Å²) in [5, 5.41) is 17.1. The second-order valence-corrected chi connectivity index (χ2v) is 6.24. The average molecular weight is 329 g/mol. The standard InChI is InChI=1S/C19H27N3O2/c1-16-18(22(21-20-16)17-12-8-7-9-13-17)14-10-5-3-2-4-6-11-15-19(23)24/h7-9,12-13H,2-6,10-11,14-15H2,1H3,(H,23,24). The maximum absolute atomic E-state index is 10.4. The zero-order valence-electron chi connectivity index (χ0n) is 14.4. The summed E-state index contributed by atoms with van der Waals surface area (Å²) in [5.41, 5.74) is 3.27. The molecular weight excluding hydrogens is 302 g/mol. The molecule has 5 nitrogen and oxygen atoms in total. The van der Waals surface area contributed by atoms with Gasteiger partial charge >= 0.3 is 5.97 Å². The predicted octanol–water partition coefficient (Wildman–Crippen LogP) is 4.32. The number of carboxylic acids is 1. The van der Waals surface area contributed by atoms with Crippen molar-refractivity contribution in [2.24, 2.45) is 0 Å². The van der Waals surface area contributed by atoms with Gasteiger partial charge in [-0.3, -0.25) is 4.79 Å². The lowest BCUT2D eigenvalue weighted by atomic mass is 10.1. The molecule has 0 aliphatic rings. The predicted molar refractivity (Wildman–Crippen MR) is 94.4 cm³/mol. The maximum Gasteiger partial charge on any atom is 0.303 e. The van der Waals surface area contributed by atoms with Gasteiger partial charge in [0.05, 0.1) is 17.1 Å². The number of carbonyl (C=O) groups is 1. The second-order valence-electron chi connectivity index (χ2n) is 6.24. The van der Waals surface area contributed by atoms with E-state index < -0.39 is 5.97 Å². The van der Waals surface area contributed by atoms with Crippen LogP contribution in [0.2, 0.25) is 0 Å². The molecule has 0 amide bonds. The van der Waals surface area contributed by atoms with Crippen LogP contribution in [0.3, 0.4) is 0 Å². The van der Waals surface area contributed by atoms with Crippen molar-refractivity contribution in [1.82, 2.24) is 15.0 Å². The van der Waals surface area contributed by atoms with Crippen molar-refractivity contribution < 1.29 is 9.90 Å². The van der Waals surface area contributed by atoms with E-state index in [0.717, 1.165) is 43.5 Å². The average Bonchev–Trinajstić information content (AvgIpc) is 2.95. The third kappa shape index (κ3) is 5.80. The van der Waals surface area contributed by atoms with Gasteiger partial charge in [0, 0.05) is 6.42 Å². The molecule has 1 aromatic heterocycles. The minimum Gasteiger partial charge on any atom is -0.481 e. The highest BCUT2D eigenvalue weighted by Gasteiger charge is 2.10. The molecule has 24 heavy (non-hydrogen) atoms. The zero-order chi connectivity index (χ0) is 17.2. The van der Waals surface area contributed by atoms with Crippen molar-refractivity contribution in [2.45, 2.75) is 64.7 Å². The van der Waals surface area contributed by atoms with Crippen LogP contribution in [0.1, 0.15) is 62.8 Å². The monoisotopic (exact) mass is 329 g/mol. The van der Waals surface area contributed by atoms with Gasteiger partial charge in [0.25, 0.3) is 0 Å². The molecule has 2 rings (SSSR count). The number of hydrogen-bond donors (Lipinski definition) is 1. The van der Waals surface area contributed by atoms with Gasteiger partial charge in [-0.05, 0) is 38.3 Å². The summed E-state index contributed by atoms with van der Waals surface area (Å²) in [6.45, 7) is 2.02. The van der Waals surface area contributed by atoms with Gasteiger partial charge in [0.1, 0.15) is 0 Å². The molecule has 5 heteroatoms. The molecule has 1 aromatic carbocycles. The number of carboxylic acid groups (broad SMARTS) is 1. The van der Waals surface area contributed by atoms with E-state index >= 15 is 0 Å². The fraction of sp³-hybridized carbons (Fsp3) is 0.526. The number of para-hydroxylation sites is 1. The van der Waals surface area contributed by atoms with E-state index in [-0.39, 0.29) is 0 Å². The number of aliphatic carboxylic acids is 1. The first-order valence-corrected chi connectivity index (χ1v) is 8.87. The Balaban J connectivity index is 1.68. The Hall–Kier alpha value is -2.17. The van der Waals surface area contributed by atoms with Gasteiger partial charge in [0.15, 0.2) is 0 Å². The first-order valence-electron chi connectivity index (χ1n) is 8.87. The van der Waals surface area contributed by atoms with Crippen LogP contribution >= 0.6 is 0 Å². The van der Waals surface area contributed by atoms with E-state index in [0.29, 0.717) is 6.42 Å². The quantitative estimate of drug-likeness (QED) is 0.623. The molecule has 0 radical (unpaired) electrons. The van der Waals surface area contributed by atoms with E-state index in [1.165, 1.54) is 25.0 Å². The molecule has 130 valence electrons. The Morgan fingerprint density at radius 3 is 2.29 bits per heavy atom.